The van der Waals surface area contributed by atoms with Crippen LogP contribution in [0.25, 0.3) is 0 Å². The fraction of sp³-hybridized carbons (Fsp3) is 0.538. The number of ether oxygens (including phenoxy) is 1. The summed E-state index contributed by atoms with van der Waals surface area (Å²) in [5.74, 6) is -0.282. The minimum atomic E-state index is -4.22. The summed E-state index contributed by atoms with van der Waals surface area (Å²) in [5.41, 5.74) is 0.506. The van der Waals surface area contributed by atoms with Gasteiger partial charge in [0.1, 0.15) is 11.6 Å². The molecule has 0 spiro atoms. The topological polar surface area (TPSA) is 21.3 Å². The third-order valence-corrected chi connectivity index (χ3v) is 3.42. The van der Waals surface area contributed by atoms with Gasteiger partial charge in [-0.3, -0.25) is 0 Å². The maximum Gasteiger partial charge on any atom is 0.389 e. The summed E-state index contributed by atoms with van der Waals surface area (Å²) in [6.07, 6.45) is -5.27. The highest BCUT2D eigenvalue weighted by Gasteiger charge is 2.29. The van der Waals surface area contributed by atoms with E-state index >= 15 is 0 Å². The molecule has 1 aromatic rings. The highest BCUT2D eigenvalue weighted by molar-refractivity contribution is 9.10. The molecule has 0 radical (unpaired) electrons. The van der Waals surface area contributed by atoms with Gasteiger partial charge in [-0.2, -0.15) is 13.2 Å². The lowest BCUT2D eigenvalue weighted by Crippen LogP contribution is -2.23. The number of alkyl halides is 3. The molecular formula is C13H16BrF4NO. The van der Waals surface area contributed by atoms with E-state index < -0.39 is 24.5 Å². The molecule has 0 bridgehead atoms. The first-order valence-electron chi connectivity index (χ1n) is 6.11. The number of hydrogen-bond donors (Lipinski definition) is 1. The summed E-state index contributed by atoms with van der Waals surface area (Å²) in [6.45, 7) is 2.30. The number of rotatable bonds is 6. The summed E-state index contributed by atoms with van der Waals surface area (Å²) in [7, 11) is 1.36. The Morgan fingerprint density at radius 3 is 2.50 bits per heavy atom. The minimum absolute atomic E-state index is 0.133. The van der Waals surface area contributed by atoms with Gasteiger partial charge >= 0.3 is 6.18 Å². The highest BCUT2D eigenvalue weighted by Crippen LogP contribution is 2.35. The summed E-state index contributed by atoms with van der Waals surface area (Å²) < 4.78 is 55.8. The van der Waals surface area contributed by atoms with E-state index in [4.69, 9.17) is 4.74 Å². The molecule has 114 valence electrons. The molecule has 0 aliphatic carbocycles. The molecule has 1 N–H and O–H groups in total. The average Bonchev–Trinajstić information content (AvgIpc) is 2.36. The van der Waals surface area contributed by atoms with Gasteiger partial charge in [0.2, 0.25) is 0 Å². The molecule has 0 fully saturated rings. The third-order valence-electron chi connectivity index (χ3n) is 2.82. The van der Waals surface area contributed by atoms with Gasteiger partial charge < -0.3 is 10.1 Å². The van der Waals surface area contributed by atoms with Crippen molar-refractivity contribution in [3.05, 3.63) is 28.0 Å². The molecule has 0 aliphatic rings. The molecule has 0 aromatic heterocycles. The van der Waals surface area contributed by atoms with Gasteiger partial charge in [-0.25, -0.2) is 4.39 Å². The summed E-state index contributed by atoms with van der Waals surface area (Å²) in [6, 6.07) is 2.07. The summed E-state index contributed by atoms with van der Waals surface area (Å²) in [5, 5.41) is 2.97. The average molecular weight is 358 g/mol. The summed E-state index contributed by atoms with van der Waals surface area (Å²) in [4.78, 5) is 0. The largest absolute Gasteiger partial charge is 0.496 e. The van der Waals surface area contributed by atoms with Crippen LogP contribution >= 0.6 is 15.9 Å². The number of benzene rings is 1. The second-order valence-corrected chi connectivity index (χ2v) is 5.13. The first-order valence-corrected chi connectivity index (χ1v) is 6.90. The van der Waals surface area contributed by atoms with Gasteiger partial charge in [-0.1, -0.05) is 6.92 Å². The SMILES string of the molecule is CCNC(CCC(F)(F)F)c1cc(Br)c(F)cc1OC. The van der Waals surface area contributed by atoms with Gasteiger partial charge in [0, 0.05) is 24.1 Å². The first kappa shape index (κ1) is 17.2. The van der Waals surface area contributed by atoms with Crippen LogP contribution in [0.2, 0.25) is 0 Å². The van der Waals surface area contributed by atoms with Gasteiger partial charge in [-0.15, -0.1) is 0 Å². The quantitative estimate of drug-likeness (QED) is 0.751. The molecule has 0 heterocycles. The van der Waals surface area contributed by atoms with Gasteiger partial charge in [0.15, 0.2) is 0 Å². The smallest absolute Gasteiger partial charge is 0.389 e. The van der Waals surface area contributed by atoms with Crippen molar-refractivity contribution >= 4 is 15.9 Å². The zero-order chi connectivity index (χ0) is 15.3. The van der Waals surface area contributed by atoms with Crippen LogP contribution in [0.4, 0.5) is 17.6 Å². The number of hydrogen-bond acceptors (Lipinski definition) is 2. The van der Waals surface area contributed by atoms with Crippen molar-refractivity contribution in [2.75, 3.05) is 13.7 Å². The standard InChI is InChI=1S/C13H16BrF4NO/c1-3-19-11(4-5-13(16,17)18)8-6-9(14)10(15)7-12(8)20-2/h6-7,11,19H,3-5H2,1-2H3. The van der Waals surface area contributed by atoms with Crippen LogP contribution in [-0.4, -0.2) is 19.8 Å². The second kappa shape index (κ2) is 7.26. The lowest BCUT2D eigenvalue weighted by molar-refractivity contribution is -0.136. The number of methoxy groups -OCH3 is 1. The lowest BCUT2D eigenvalue weighted by Gasteiger charge is -2.22. The maximum atomic E-state index is 13.4. The van der Waals surface area contributed by atoms with Crippen molar-refractivity contribution in [3.8, 4) is 5.75 Å². The fourth-order valence-electron chi connectivity index (χ4n) is 1.91. The van der Waals surface area contributed by atoms with Crippen molar-refractivity contribution in [2.24, 2.45) is 0 Å². The Balaban J connectivity index is 3.04. The molecular weight excluding hydrogens is 342 g/mol. The van der Waals surface area contributed by atoms with Crippen LogP contribution < -0.4 is 10.1 Å². The molecule has 0 saturated heterocycles. The first-order chi connectivity index (χ1) is 9.28. The molecule has 2 nitrogen and oxygen atoms in total. The molecule has 0 saturated carbocycles. The fourth-order valence-corrected chi connectivity index (χ4v) is 2.28. The molecule has 1 aromatic carbocycles. The van der Waals surface area contributed by atoms with Crippen LogP contribution in [0.1, 0.15) is 31.4 Å². The van der Waals surface area contributed by atoms with E-state index in [1.807, 2.05) is 0 Å². The van der Waals surface area contributed by atoms with E-state index in [1.165, 1.54) is 13.2 Å². The zero-order valence-corrected chi connectivity index (χ0v) is 12.7. The molecule has 0 aliphatic heterocycles. The Bertz CT molecular complexity index is 451. The van der Waals surface area contributed by atoms with E-state index in [2.05, 4.69) is 21.2 Å². The third kappa shape index (κ3) is 4.94. The summed E-state index contributed by atoms with van der Waals surface area (Å²) >= 11 is 3.04. The van der Waals surface area contributed by atoms with E-state index in [9.17, 15) is 17.6 Å². The predicted molar refractivity (Wildman–Crippen MR) is 72.4 cm³/mol. The van der Waals surface area contributed by atoms with Crippen molar-refractivity contribution in [1.82, 2.24) is 5.32 Å². The van der Waals surface area contributed by atoms with Crippen molar-refractivity contribution in [2.45, 2.75) is 32.0 Å². The highest BCUT2D eigenvalue weighted by atomic mass is 79.9. The Morgan fingerprint density at radius 2 is 2.00 bits per heavy atom. The van der Waals surface area contributed by atoms with Gasteiger partial charge in [-0.05, 0) is 35.0 Å². The Labute approximate surface area is 123 Å². The molecule has 1 rings (SSSR count). The molecule has 1 atom stereocenters. The van der Waals surface area contributed by atoms with Crippen LogP contribution in [-0.2, 0) is 0 Å². The van der Waals surface area contributed by atoms with Gasteiger partial charge in [0.05, 0.1) is 11.6 Å². The molecule has 20 heavy (non-hydrogen) atoms. The monoisotopic (exact) mass is 357 g/mol. The van der Waals surface area contributed by atoms with Crippen molar-refractivity contribution in [1.29, 1.82) is 0 Å². The predicted octanol–water partition coefficient (Wildman–Crippen LogP) is 4.59. The Hall–Kier alpha value is -0.820. The van der Waals surface area contributed by atoms with Crippen LogP contribution in [0.3, 0.4) is 0 Å². The van der Waals surface area contributed by atoms with Crippen molar-refractivity contribution in [3.63, 3.8) is 0 Å². The minimum Gasteiger partial charge on any atom is -0.496 e. The normalized spacial score (nSPS) is 13.3. The van der Waals surface area contributed by atoms with Crippen LogP contribution in [0.15, 0.2) is 16.6 Å². The molecule has 1 unspecified atom stereocenters. The van der Waals surface area contributed by atoms with Crippen molar-refractivity contribution < 1.29 is 22.3 Å². The molecule has 7 heteroatoms. The van der Waals surface area contributed by atoms with E-state index in [0.29, 0.717) is 12.1 Å². The van der Waals surface area contributed by atoms with Crippen LogP contribution in [0.5, 0.6) is 5.75 Å². The van der Waals surface area contributed by atoms with Gasteiger partial charge in [0.25, 0.3) is 0 Å². The number of nitrogens with one attached hydrogen (secondary N) is 1. The van der Waals surface area contributed by atoms with E-state index in [1.54, 1.807) is 6.92 Å². The Morgan fingerprint density at radius 1 is 1.35 bits per heavy atom. The van der Waals surface area contributed by atoms with Crippen LogP contribution in [0, 0.1) is 5.82 Å². The number of halogens is 5. The van der Waals surface area contributed by atoms with E-state index in [-0.39, 0.29) is 16.6 Å². The zero-order valence-electron chi connectivity index (χ0n) is 11.2. The molecule has 0 amide bonds. The lowest BCUT2D eigenvalue weighted by atomic mass is 10.0. The van der Waals surface area contributed by atoms with E-state index in [0.717, 1.165) is 6.07 Å². The second-order valence-electron chi connectivity index (χ2n) is 4.27. The maximum absolute atomic E-state index is 13.4. The Kier molecular flexibility index (Phi) is 6.26.